The summed E-state index contributed by atoms with van der Waals surface area (Å²) in [4.78, 5) is 0.266. The first-order chi connectivity index (χ1) is 20.6. The van der Waals surface area contributed by atoms with Gasteiger partial charge >= 0.3 is 0 Å². The zero-order valence-corrected chi connectivity index (χ0v) is 25.7. The van der Waals surface area contributed by atoms with Gasteiger partial charge in [0.1, 0.15) is 0 Å². The molecule has 0 saturated heterocycles. The molecule has 12 heteroatoms. The van der Waals surface area contributed by atoms with Crippen LogP contribution in [-0.2, 0) is 30.1 Å². The summed E-state index contributed by atoms with van der Waals surface area (Å²) in [6, 6.07) is 23.7. The molecule has 1 aliphatic heterocycles. The monoisotopic (exact) mass is 637 g/mol. The van der Waals surface area contributed by atoms with Crippen LogP contribution in [0, 0.1) is 23.7 Å². The molecule has 9 nitrogen and oxygen atoms in total. The first-order valence-corrected chi connectivity index (χ1v) is 17.7. The minimum absolute atomic E-state index is 0.0107. The summed E-state index contributed by atoms with van der Waals surface area (Å²) in [7, 11) is -11.8. The van der Waals surface area contributed by atoms with Crippen molar-refractivity contribution in [2.45, 2.75) is 21.1 Å². The molecule has 0 bridgehead atoms. The lowest BCUT2D eigenvalue weighted by Gasteiger charge is -2.20. The summed E-state index contributed by atoms with van der Waals surface area (Å²) in [5.74, 6) is 11.2. The standard InChI is InChI=1S/C31H31N3O6S3/c35-41(36,29-17-5-1-6-18-29)32-23-11-4-12-24-33(42(37,38)30-19-7-2-8-20-30)26-14-16-28-34(27-15-13-25-32)43(39,40)31-21-9-3-10-22-31/h1-11,17-22H,12,23-28H2/b11-4-. The Kier molecular flexibility index (Phi) is 10.9. The molecule has 0 unspecified atom stereocenters. The average molecular weight is 638 g/mol. The highest BCUT2D eigenvalue weighted by atomic mass is 32.2. The van der Waals surface area contributed by atoms with Crippen LogP contribution < -0.4 is 0 Å². The lowest BCUT2D eigenvalue weighted by Crippen LogP contribution is -2.34. The zero-order valence-electron chi connectivity index (χ0n) is 23.3. The van der Waals surface area contributed by atoms with Crippen molar-refractivity contribution in [2.24, 2.45) is 0 Å². The number of benzene rings is 3. The molecule has 0 radical (unpaired) electrons. The van der Waals surface area contributed by atoms with E-state index in [2.05, 4.69) is 23.7 Å². The number of rotatable bonds is 6. The maximum absolute atomic E-state index is 13.4. The van der Waals surface area contributed by atoms with Crippen LogP contribution in [0.25, 0.3) is 0 Å². The van der Waals surface area contributed by atoms with Gasteiger partial charge in [0.25, 0.3) is 0 Å². The molecule has 0 aliphatic carbocycles. The Bertz CT molecular complexity index is 1860. The summed E-state index contributed by atoms with van der Waals surface area (Å²) in [5, 5.41) is 0. The Labute approximate surface area is 254 Å². The van der Waals surface area contributed by atoms with Crippen LogP contribution in [0.1, 0.15) is 6.42 Å². The van der Waals surface area contributed by atoms with Gasteiger partial charge in [-0.05, 0) is 42.8 Å². The predicted octanol–water partition coefficient (Wildman–Crippen LogP) is 3.03. The summed E-state index contributed by atoms with van der Waals surface area (Å²) in [6.07, 6.45) is 3.67. The largest absolute Gasteiger partial charge is 0.244 e. The van der Waals surface area contributed by atoms with Gasteiger partial charge in [-0.1, -0.05) is 90.4 Å². The minimum Gasteiger partial charge on any atom is -0.207 e. The van der Waals surface area contributed by atoms with Crippen molar-refractivity contribution in [3.63, 3.8) is 0 Å². The summed E-state index contributed by atoms with van der Waals surface area (Å²) in [5.41, 5.74) is 0. The highest BCUT2D eigenvalue weighted by molar-refractivity contribution is 7.89. The highest BCUT2D eigenvalue weighted by Crippen LogP contribution is 2.18. The van der Waals surface area contributed by atoms with E-state index >= 15 is 0 Å². The molecule has 0 fully saturated rings. The number of hydrogen-bond donors (Lipinski definition) is 0. The molecule has 0 spiro atoms. The van der Waals surface area contributed by atoms with Crippen LogP contribution in [0.4, 0.5) is 0 Å². The van der Waals surface area contributed by atoms with Crippen LogP contribution >= 0.6 is 0 Å². The van der Waals surface area contributed by atoms with Gasteiger partial charge in [0.15, 0.2) is 0 Å². The molecule has 0 amide bonds. The van der Waals surface area contributed by atoms with Gasteiger partial charge < -0.3 is 0 Å². The van der Waals surface area contributed by atoms with E-state index in [-0.39, 0.29) is 54.0 Å². The van der Waals surface area contributed by atoms with Gasteiger partial charge in [0.05, 0.1) is 40.9 Å². The predicted molar refractivity (Wildman–Crippen MR) is 165 cm³/mol. The summed E-state index contributed by atoms with van der Waals surface area (Å²) >= 11 is 0. The third-order valence-corrected chi connectivity index (χ3v) is 11.9. The third-order valence-electron chi connectivity index (χ3n) is 6.44. The second-order valence-corrected chi connectivity index (χ2v) is 15.1. The fourth-order valence-corrected chi connectivity index (χ4v) is 8.05. The van der Waals surface area contributed by atoms with E-state index < -0.39 is 30.1 Å². The molecule has 43 heavy (non-hydrogen) atoms. The van der Waals surface area contributed by atoms with E-state index in [0.29, 0.717) is 6.42 Å². The highest BCUT2D eigenvalue weighted by Gasteiger charge is 2.26. The van der Waals surface area contributed by atoms with E-state index in [1.165, 1.54) is 45.0 Å². The fraction of sp³-hybridized carbons (Fsp3) is 0.226. The fourth-order valence-electron chi connectivity index (χ4n) is 4.09. The van der Waals surface area contributed by atoms with Crippen molar-refractivity contribution in [3.05, 3.63) is 103 Å². The zero-order chi connectivity index (χ0) is 30.8. The minimum atomic E-state index is -4.00. The van der Waals surface area contributed by atoms with E-state index in [9.17, 15) is 25.3 Å². The lowest BCUT2D eigenvalue weighted by molar-refractivity contribution is 0.450. The van der Waals surface area contributed by atoms with Crippen molar-refractivity contribution in [1.82, 2.24) is 12.9 Å². The van der Waals surface area contributed by atoms with Gasteiger partial charge in [0, 0.05) is 13.1 Å². The molecule has 1 heterocycles. The maximum Gasteiger partial charge on any atom is 0.244 e. The number of nitrogens with zero attached hydrogens (tertiary/aromatic N) is 3. The molecule has 3 aromatic carbocycles. The normalized spacial score (nSPS) is 17.6. The van der Waals surface area contributed by atoms with E-state index in [4.69, 9.17) is 0 Å². The molecule has 3 aromatic rings. The third kappa shape index (κ3) is 8.21. The first-order valence-electron chi connectivity index (χ1n) is 13.4. The van der Waals surface area contributed by atoms with Crippen LogP contribution in [0.3, 0.4) is 0 Å². The van der Waals surface area contributed by atoms with Gasteiger partial charge in [-0.3, -0.25) is 0 Å². The van der Waals surface area contributed by atoms with E-state index in [1.54, 1.807) is 66.7 Å². The quantitative estimate of drug-likeness (QED) is 0.304. The molecule has 0 aromatic heterocycles. The van der Waals surface area contributed by atoms with Crippen LogP contribution in [-0.4, -0.2) is 77.4 Å². The van der Waals surface area contributed by atoms with E-state index in [0.717, 1.165) is 4.31 Å². The molecule has 4 rings (SSSR count). The topological polar surface area (TPSA) is 112 Å². The smallest absolute Gasteiger partial charge is 0.207 e. The Morgan fingerprint density at radius 2 is 0.791 bits per heavy atom. The van der Waals surface area contributed by atoms with Gasteiger partial charge in [0.2, 0.25) is 30.1 Å². The van der Waals surface area contributed by atoms with Gasteiger partial charge in [-0.15, -0.1) is 0 Å². The Hall–Kier alpha value is -3.75. The maximum atomic E-state index is 13.4. The average Bonchev–Trinajstić information content (AvgIpc) is 3.02. The van der Waals surface area contributed by atoms with Crippen molar-refractivity contribution in [3.8, 4) is 23.7 Å². The van der Waals surface area contributed by atoms with E-state index in [1.807, 2.05) is 0 Å². The molecule has 224 valence electrons. The lowest BCUT2D eigenvalue weighted by atomic mass is 10.3. The van der Waals surface area contributed by atoms with Crippen molar-refractivity contribution < 1.29 is 25.3 Å². The van der Waals surface area contributed by atoms with Crippen molar-refractivity contribution in [1.29, 1.82) is 0 Å². The van der Waals surface area contributed by atoms with Crippen molar-refractivity contribution >= 4 is 30.1 Å². The summed E-state index contributed by atoms with van der Waals surface area (Å²) < 4.78 is 83.9. The number of sulfonamides is 3. The van der Waals surface area contributed by atoms with Gasteiger partial charge in [-0.2, -0.15) is 12.9 Å². The summed E-state index contributed by atoms with van der Waals surface area (Å²) in [6.45, 7) is -0.752. The first kappa shape index (κ1) is 32.2. The SMILES string of the molecule is O=S(=O)(c1ccccc1)N1CC#CCN(S(=O)(=O)c2ccccc2)C/C=C\CCN(S(=O)(=O)c2ccccc2)CC#CC1. The van der Waals surface area contributed by atoms with Crippen LogP contribution in [0.2, 0.25) is 0 Å². The molecular formula is C31H31N3O6S3. The Morgan fingerprint density at radius 3 is 1.23 bits per heavy atom. The molecule has 1 aliphatic rings. The van der Waals surface area contributed by atoms with Gasteiger partial charge in [-0.25, -0.2) is 25.3 Å². The van der Waals surface area contributed by atoms with Crippen molar-refractivity contribution in [2.75, 3.05) is 39.3 Å². The molecule has 0 N–H and O–H groups in total. The van der Waals surface area contributed by atoms with Crippen LogP contribution in [0.5, 0.6) is 0 Å². The second kappa shape index (κ2) is 14.6. The number of hydrogen-bond acceptors (Lipinski definition) is 6. The second-order valence-electron chi connectivity index (χ2n) is 9.32. The Balaban J connectivity index is 1.69. The molecule has 0 atom stereocenters. The molecule has 0 saturated carbocycles. The molecular weight excluding hydrogens is 607 g/mol. The van der Waals surface area contributed by atoms with Crippen LogP contribution in [0.15, 0.2) is 118 Å². The Morgan fingerprint density at radius 1 is 0.442 bits per heavy atom.